The number of anilines is 2. The summed E-state index contributed by atoms with van der Waals surface area (Å²) in [6.07, 6.45) is -2.57. The number of halogens is 4. The van der Waals surface area contributed by atoms with Crippen molar-refractivity contribution in [3.05, 3.63) is 103 Å². The average molecular weight is 534 g/mol. The van der Waals surface area contributed by atoms with Gasteiger partial charge < -0.3 is 16.2 Å². The van der Waals surface area contributed by atoms with Crippen molar-refractivity contribution in [3.63, 3.8) is 0 Å². The van der Waals surface area contributed by atoms with Crippen LogP contribution < -0.4 is 11.1 Å². The first kappa shape index (κ1) is 25.4. The fourth-order valence-corrected chi connectivity index (χ4v) is 4.02. The third-order valence-corrected chi connectivity index (χ3v) is 5.77. The smallest absolute Gasteiger partial charge is 0.434 e. The first-order chi connectivity index (χ1) is 18.6. The van der Waals surface area contributed by atoms with E-state index in [1.54, 1.807) is 18.2 Å². The number of hydrogen-bond donors (Lipinski definition) is 3. The number of carbonyl (C=O) groups excluding carboxylic acids is 1. The Hall–Kier alpha value is -5.26. The van der Waals surface area contributed by atoms with Crippen molar-refractivity contribution in [2.45, 2.75) is 6.18 Å². The van der Waals surface area contributed by atoms with E-state index in [2.05, 4.69) is 20.3 Å². The van der Waals surface area contributed by atoms with Gasteiger partial charge in [0.15, 0.2) is 11.4 Å². The number of imidazole rings is 1. The van der Waals surface area contributed by atoms with Crippen molar-refractivity contribution in [2.75, 3.05) is 11.1 Å². The molecule has 5 aromatic rings. The number of phenols is 1. The minimum absolute atomic E-state index is 0.00846. The predicted octanol–water partition coefficient (Wildman–Crippen LogP) is 5.69. The number of aromatic hydroxyl groups is 1. The molecule has 0 unspecified atom stereocenters. The lowest BCUT2D eigenvalue weighted by Gasteiger charge is -2.13. The SMILES string of the molecule is Nc1nccc(-c2cc(-c3ccc(NC(=O)c4ncn(-c5ccccc5)c4C(F)(F)F)cc3F)ccc2O)n1. The molecule has 39 heavy (non-hydrogen) atoms. The van der Waals surface area contributed by atoms with Crippen LogP contribution in [0, 0.1) is 5.82 Å². The Kier molecular flexibility index (Phi) is 6.44. The van der Waals surface area contributed by atoms with Crippen LogP contribution in [0.4, 0.5) is 29.2 Å². The van der Waals surface area contributed by atoms with E-state index in [-0.39, 0.29) is 34.2 Å². The van der Waals surface area contributed by atoms with Gasteiger partial charge in [0.05, 0.1) is 5.69 Å². The predicted molar refractivity (Wildman–Crippen MR) is 135 cm³/mol. The number of nitrogens with zero attached hydrogens (tertiary/aromatic N) is 4. The summed E-state index contributed by atoms with van der Waals surface area (Å²) < 4.78 is 57.6. The zero-order valence-corrected chi connectivity index (χ0v) is 19.8. The lowest BCUT2D eigenvalue weighted by atomic mass is 10.00. The molecular weight excluding hydrogens is 516 g/mol. The van der Waals surface area contributed by atoms with E-state index in [0.717, 1.165) is 17.0 Å². The molecule has 0 aliphatic heterocycles. The number of nitrogen functional groups attached to an aromatic ring is 1. The molecule has 8 nitrogen and oxygen atoms in total. The molecule has 2 heterocycles. The maximum absolute atomic E-state index is 15.1. The number of hydrogen-bond acceptors (Lipinski definition) is 6. The van der Waals surface area contributed by atoms with Gasteiger partial charge in [0.2, 0.25) is 5.95 Å². The van der Waals surface area contributed by atoms with Gasteiger partial charge in [-0.3, -0.25) is 9.36 Å². The Labute approximate surface area is 218 Å². The van der Waals surface area contributed by atoms with Crippen molar-refractivity contribution < 1.29 is 27.5 Å². The highest BCUT2D eigenvalue weighted by Crippen LogP contribution is 2.36. The largest absolute Gasteiger partial charge is 0.507 e. The highest BCUT2D eigenvalue weighted by Gasteiger charge is 2.40. The van der Waals surface area contributed by atoms with Crippen LogP contribution in [0.25, 0.3) is 28.1 Å². The van der Waals surface area contributed by atoms with Gasteiger partial charge in [0, 0.05) is 28.7 Å². The summed E-state index contributed by atoms with van der Waals surface area (Å²) in [7, 11) is 0. The van der Waals surface area contributed by atoms with Crippen LogP contribution in [0.1, 0.15) is 16.2 Å². The fraction of sp³-hybridized carbons (Fsp3) is 0.0370. The van der Waals surface area contributed by atoms with E-state index in [9.17, 15) is 23.1 Å². The number of nitrogens with two attached hydrogens (primary N) is 1. The molecule has 0 fully saturated rings. The van der Waals surface area contributed by atoms with Gasteiger partial charge in [0.1, 0.15) is 17.9 Å². The Morgan fingerprint density at radius 2 is 1.72 bits per heavy atom. The Bertz CT molecular complexity index is 1690. The van der Waals surface area contributed by atoms with Crippen LogP contribution in [-0.2, 0) is 6.18 Å². The Morgan fingerprint density at radius 1 is 0.949 bits per heavy atom. The van der Waals surface area contributed by atoms with Crippen LogP contribution in [0.5, 0.6) is 5.75 Å². The normalized spacial score (nSPS) is 11.4. The molecule has 0 aliphatic carbocycles. The van der Waals surface area contributed by atoms with E-state index in [4.69, 9.17) is 5.73 Å². The molecule has 3 aromatic carbocycles. The molecule has 1 amide bonds. The lowest BCUT2D eigenvalue weighted by Crippen LogP contribution is -2.21. The van der Waals surface area contributed by atoms with Crippen molar-refractivity contribution in [2.24, 2.45) is 0 Å². The number of nitrogens with one attached hydrogen (secondary N) is 1. The minimum Gasteiger partial charge on any atom is -0.507 e. The van der Waals surface area contributed by atoms with Gasteiger partial charge in [-0.1, -0.05) is 24.3 Å². The Balaban J connectivity index is 1.44. The first-order valence-electron chi connectivity index (χ1n) is 11.3. The van der Waals surface area contributed by atoms with E-state index < -0.39 is 29.3 Å². The van der Waals surface area contributed by atoms with Crippen molar-refractivity contribution >= 4 is 17.5 Å². The first-order valence-corrected chi connectivity index (χ1v) is 11.3. The number of phenolic OH excluding ortho intramolecular Hbond substituents is 1. The van der Waals surface area contributed by atoms with E-state index in [1.807, 2.05) is 0 Å². The van der Waals surface area contributed by atoms with Gasteiger partial charge >= 0.3 is 6.18 Å². The summed E-state index contributed by atoms with van der Waals surface area (Å²) in [5.74, 6) is -2.04. The Morgan fingerprint density at radius 3 is 2.41 bits per heavy atom. The monoisotopic (exact) mass is 534 g/mol. The lowest BCUT2D eigenvalue weighted by molar-refractivity contribution is -0.142. The summed E-state index contributed by atoms with van der Waals surface area (Å²) in [5, 5.41) is 12.6. The number of alkyl halides is 3. The second kappa shape index (κ2) is 9.89. The van der Waals surface area contributed by atoms with Gasteiger partial charge in [-0.05, 0) is 54.1 Å². The van der Waals surface area contributed by atoms with Crippen LogP contribution in [-0.4, -0.2) is 30.5 Å². The third-order valence-electron chi connectivity index (χ3n) is 5.77. The van der Waals surface area contributed by atoms with Gasteiger partial charge in [-0.15, -0.1) is 0 Å². The van der Waals surface area contributed by atoms with Crippen LogP contribution in [0.3, 0.4) is 0 Å². The molecular formula is C27H18F4N6O2. The van der Waals surface area contributed by atoms with E-state index in [0.29, 0.717) is 11.3 Å². The summed E-state index contributed by atoms with van der Waals surface area (Å²) in [6.45, 7) is 0. The van der Waals surface area contributed by atoms with Crippen molar-refractivity contribution in [3.8, 4) is 33.8 Å². The zero-order valence-electron chi connectivity index (χ0n) is 19.8. The number of carbonyl (C=O) groups is 1. The van der Waals surface area contributed by atoms with Gasteiger partial charge in [0.25, 0.3) is 5.91 Å². The standard InChI is InChI=1S/C27H18F4N6O2/c28-20-13-16(7-8-18(20)15-6-9-22(38)19(12-15)21-10-11-33-26(32)36-21)35-25(39)23-24(27(29,30)31)37(14-34-23)17-4-2-1-3-5-17/h1-14,38H,(H,35,39)(H2,32,33,36). The topological polar surface area (TPSA) is 119 Å². The molecule has 0 saturated heterocycles. The quantitative estimate of drug-likeness (QED) is 0.249. The number of para-hydroxylation sites is 1. The summed E-state index contributed by atoms with van der Waals surface area (Å²) in [4.78, 5) is 24.4. The van der Waals surface area contributed by atoms with Crippen molar-refractivity contribution in [1.82, 2.24) is 19.5 Å². The molecule has 0 radical (unpaired) electrons. The second-order valence-electron chi connectivity index (χ2n) is 8.33. The maximum atomic E-state index is 15.1. The molecule has 0 aliphatic rings. The summed E-state index contributed by atoms with van der Waals surface area (Å²) >= 11 is 0. The molecule has 4 N–H and O–H groups in total. The highest BCUT2D eigenvalue weighted by atomic mass is 19.4. The molecule has 0 spiro atoms. The van der Waals surface area contributed by atoms with E-state index >= 15 is 4.39 Å². The molecule has 0 saturated carbocycles. The fourth-order valence-electron chi connectivity index (χ4n) is 4.02. The number of aromatic nitrogens is 4. The van der Waals surface area contributed by atoms with E-state index in [1.165, 1.54) is 54.7 Å². The number of amides is 1. The zero-order chi connectivity index (χ0) is 27.7. The maximum Gasteiger partial charge on any atom is 0.434 e. The van der Waals surface area contributed by atoms with Crippen LogP contribution in [0.15, 0.2) is 85.3 Å². The van der Waals surface area contributed by atoms with Crippen LogP contribution in [0.2, 0.25) is 0 Å². The number of benzene rings is 3. The van der Waals surface area contributed by atoms with Crippen LogP contribution >= 0.6 is 0 Å². The van der Waals surface area contributed by atoms with Gasteiger partial charge in [-0.2, -0.15) is 13.2 Å². The second-order valence-corrected chi connectivity index (χ2v) is 8.33. The number of rotatable bonds is 5. The van der Waals surface area contributed by atoms with Crippen molar-refractivity contribution in [1.29, 1.82) is 0 Å². The molecule has 2 aromatic heterocycles. The molecule has 0 bridgehead atoms. The third kappa shape index (κ3) is 5.12. The molecule has 12 heteroatoms. The minimum atomic E-state index is -4.89. The molecule has 0 atom stereocenters. The average Bonchev–Trinajstić information content (AvgIpc) is 3.36. The van der Waals surface area contributed by atoms with Gasteiger partial charge in [-0.25, -0.2) is 19.3 Å². The highest BCUT2D eigenvalue weighted by molar-refractivity contribution is 6.04. The summed E-state index contributed by atoms with van der Waals surface area (Å²) in [5.41, 5.74) is 4.68. The molecule has 196 valence electrons. The molecule has 5 rings (SSSR count). The summed E-state index contributed by atoms with van der Waals surface area (Å²) in [6, 6.07) is 17.2.